The number of nitrogens with zero attached hydrogens (tertiary/aromatic N) is 3. The van der Waals surface area contributed by atoms with E-state index in [-0.39, 0.29) is 0 Å². The summed E-state index contributed by atoms with van der Waals surface area (Å²) < 4.78 is 0. The fourth-order valence-corrected chi connectivity index (χ4v) is 2.03. The van der Waals surface area contributed by atoms with Crippen molar-refractivity contribution >= 4 is 0 Å². The molecule has 4 heteroatoms. The Labute approximate surface area is 111 Å². The molecule has 2 aromatic carbocycles. The summed E-state index contributed by atoms with van der Waals surface area (Å²) in [5, 5.41) is 13.8. The quantitative estimate of drug-likeness (QED) is 0.777. The van der Waals surface area contributed by atoms with Gasteiger partial charge in [0, 0.05) is 5.56 Å². The Morgan fingerprint density at radius 2 is 1.42 bits per heavy atom. The fourth-order valence-electron chi connectivity index (χ4n) is 2.03. The second-order valence-electron chi connectivity index (χ2n) is 4.38. The molecule has 3 aromatic rings. The second-order valence-corrected chi connectivity index (χ2v) is 4.38. The molecule has 1 N–H and O–H groups in total. The monoisotopic (exact) mass is 250 g/mol. The minimum absolute atomic E-state index is 0.688. The van der Waals surface area contributed by atoms with Gasteiger partial charge in [-0.1, -0.05) is 55.5 Å². The average molecular weight is 250 g/mol. The molecule has 0 bridgehead atoms. The zero-order chi connectivity index (χ0) is 13.1. The molecular formula is C15H14N4. The molecule has 4 nitrogen and oxygen atoms in total. The zero-order valence-corrected chi connectivity index (χ0v) is 10.7. The van der Waals surface area contributed by atoms with Gasteiger partial charge < -0.3 is 0 Å². The molecule has 0 amide bonds. The van der Waals surface area contributed by atoms with E-state index in [2.05, 4.69) is 63.9 Å². The molecular weight excluding hydrogens is 236 g/mol. The number of benzene rings is 2. The first-order chi connectivity index (χ1) is 9.36. The molecule has 0 fully saturated rings. The molecule has 0 saturated heterocycles. The summed E-state index contributed by atoms with van der Waals surface area (Å²) in [6.07, 6.45) is 1.07. The number of hydrogen-bond donors (Lipinski definition) is 1. The topological polar surface area (TPSA) is 54.5 Å². The van der Waals surface area contributed by atoms with Crippen molar-refractivity contribution in [3.8, 4) is 22.5 Å². The lowest BCUT2D eigenvalue weighted by molar-refractivity contribution is 0.881. The van der Waals surface area contributed by atoms with Gasteiger partial charge >= 0.3 is 0 Å². The van der Waals surface area contributed by atoms with Crippen LogP contribution in [-0.2, 0) is 6.42 Å². The van der Waals surface area contributed by atoms with Gasteiger partial charge in [0.15, 0.2) is 5.82 Å². The Bertz CT molecular complexity index is 640. The molecule has 0 saturated carbocycles. The minimum Gasteiger partial charge on any atom is -0.239 e. The van der Waals surface area contributed by atoms with E-state index in [9.17, 15) is 0 Å². The van der Waals surface area contributed by atoms with Crippen molar-refractivity contribution < 1.29 is 0 Å². The highest BCUT2D eigenvalue weighted by Gasteiger charge is 2.02. The number of aromatic amines is 1. The van der Waals surface area contributed by atoms with Crippen molar-refractivity contribution in [2.24, 2.45) is 0 Å². The van der Waals surface area contributed by atoms with Crippen LogP contribution in [-0.4, -0.2) is 20.6 Å². The number of tetrazole rings is 1. The highest BCUT2D eigenvalue weighted by atomic mass is 15.5. The predicted molar refractivity (Wildman–Crippen MR) is 74.4 cm³/mol. The van der Waals surface area contributed by atoms with E-state index in [1.807, 2.05) is 12.1 Å². The van der Waals surface area contributed by atoms with Crippen molar-refractivity contribution in [3.63, 3.8) is 0 Å². The number of aromatic nitrogens is 4. The number of rotatable bonds is 3. The van der Waals surface area contributed by atoms with Crippen LogP contribution in [0.5, 0.6) is 0 Å². The molecule has 94 valence electrons. The summed E-state index contributed by atoms with van der Waals surface area (Å²) in [6.45, 7) is 2.16. The summed E-state index contributed by atoms with van der Waals surface area (Å²) in [7, 11) is 0. The Hall–Kier alpha value is -2.49. The SMILES string of the molecule is CCc1ccc(-c2ccc(-c3nnn[nH]3)cc2)cc1. The first-order valence-corrected chi connectivity index (χ1v) is 6.30. The summed E-state index contributed by atoms with van der Waals surface area (Å²) in [4.78, 5) is 0. The Balaban J connectivity index is 1.89. The van der Waals surface area contributed by atoms with Crippen LogP contribution in [0.4, 0.5) is 0 Å². The molecule has 3 rings (SSSR count). The number of hydrogen-bond acceptors (Lipinski definition) is 3. The predicted octanol–water partition coefficient (Wildman–Crippen LogP) is 3.10. The van der Waals surface area contributed by atoms with Crippen molar-refractivity contribution in [1.29, 1.82) is 0 Å². The molecule has 0 radical (unpaired) electrons. The van der Waals surface area contributed by atoms with Crippen LogP contribution < -0.4 is 0 Å². The Morgan fingerprint density at radius 3 is 1.95 bits per heavy atom. The van der Waals surface area contributed by atoms with E-state index in [1.165, 1.54) is 16.7 Å². The zero-order valence-electron chi connectivity index (χ0n) is 10.7. The summed E-state index contributed by atoms with van der Waals surface area (Å²) in [5.74, 6) is 0.688. The molecule has 0 unspecified atom stereocenters. The molecule has 0 spiro atoms. The second kappa shape index (κ2) is 5.02. The van der Waals surface area contributed by atoms with Gasteiger partial charge in [-0.15, -0.1) is 5.10 Å². The van der Waals surface area contributed by atoms with E-state index in [4.69, 9.17) is 0 Å². The summed E-state index contributed by atoms with van der Waals surface area (Å²) >= 11 is 0. The van der Waals surface area contributed by atoms with E-state index < -0.39 is 0 Å². The van der Waals surface area contributed by atoms with Gasteiger partial charge in [-0.3, -0.25) is 0 Å². The van der Waals surface area contributed by atoms with Gasteiger partial charge in [0.2, 0.25) is 0 Å². The fraction of sp³-hybridized carbons (Fsp3) is 0.133. The molecule has 1 heterocycles. The van der Waals surface area contributed by atoms with Crippen LogP contribution in [0, 0.1) is 0 Å². The third-order valence-electron chi connectivity index (χ3n) is 3.20. The normalized spacial score (nSPS) is 10.6. The van der Waals surface area contributed by atoms with Gasteiger partial charge in [-0.2, -0.15) is 0 Å². The van der Waals surface area contributed by atoms with Gasteiger partial charge in [0.25, 0.3) is 0 Å². The summed E-state index contributed by atoms with van der Waals surface area (Å²) in [6, 6.07) is 16.9. The molecule has 0 aliphatic rings. The van der Waals surface area contributed by atoms with Crippen molar-refractivity contribution in [2.45, 2.75) is 13.3 Å². The van der Waals surface area contributed by atoms with Crippen LogP contribution in [0.25, 0.3) is 22.5 Å². The Morgan fingerprint density at radius 1 is 0.842 bits per heavy atom. The maximum absolute atomic E-state index is 3.89. The highest BCUT2D eigenvalue weighted by molar-refractivity contribution is 5.67. The average Bonchev–Trinajstić information content (AvgIpc) is 3.02. The van der Waals surface area contributed by atoms with Crippen LogP contribution >= 0.6 is 0 Å². The van der Waals surface area contributed by atoms with Crippen molar-refractivity contribution in [2.75, 3.05) is 0 Å². The third kappa shape index (κ3) is 2.38. The van der Waals surface area contributed by atoms with E-state index in [0.717, 1.165) is 12.0 Å². The number of aryl methyl sites for hydroxylation is 1. The van der Waals surface area contributed by atoms with Gasteiger partial charge in [-0.05, 0) is 33.5 Å². The maximum atomic E-state index is 3.89. The van der Waals surface area contributed by atoms with E-state index >= 15 is 0 Å². The summed E-state index contributed by atoms with van der Waals surface area (Å²) in [5.41, 5.74) is 4.75. The number of nitrogens with one attached hydrogen (secondary N) is 1. The lowest BCUT2D eigenvalue weighted by Crippen LogP contribution is -1.84. The van der Waals surface area contributed by atoms with Crippen molar-refractivity contribution in [3.05, 3.63) is 54.1 Å². The molecule has 19 heavy (non-hydrogen) atoms. The lowest BCUT2D eigenvalue weighted by Gasteiger charge is -2.04. The first kappa shape index (κ1) is 11.6. The van der Waals surface area contributed by atoms with Crippen LogP contribution in [0.2, 0.25) is 0 Å². The smallest absolute Gasteiger partial charge is 0.179 e. The Kier molecular flexibility index (Phi) is 3.06. The van der Waals surface area contributed by atoms with Crippen LogP contribution in [0.15, 0.2) is 48.5 Å². The molecule has 1 aromatic heterocycles. The lowest BCUT2D eigenvalue weighted by atomic mass is 10.0. The molecule has 0 aliphatic heterocycles. The van der Waals surface area contributed by atoms with Crippen LogP contribution in [0.3, 0.4) is 0 Å². The van der Waals surface area contributed by atoms with E-state index in [0.29, 0.717) is 5.82 Å². The van der Waals surface area contributed by atoms with Crippen LogP contribution in [0.1, 0.15) is 12.5 Å². The van der Waals surface area contributed by atoms with Gasteiger partial charge in [-0.25, -0.2) is 5.10 Å². The standard InChI is InChI=1S/C15H14N4/c1-2-11-3-5-12(6-4-11)13-7-9-14(10-8-13)15-16-18-19-17-15/h3-10H,2H2,1H3,(H,16,17,18,19). The van der Waals surface area contributed by atoms with Gasteiger partial charge in [0.05, 0.1) is 0 Å². The largest absolute Gasteiger partial charge is 0.239 e. The van der Waals surface area contributed by atoms with Crippen molar-refractivity contribution in [1.82, 2.24) is 20.6 Å². The minimum atomic E-state index is 0.688. The maximum Gasteiger partial charge on any atom is 0.179 e. The molecule has 0 atom stereocenters. The third-order valence-corrected chi connectivity index (χ3v) is 3.20. The highest BCUT2D eigenvalue weighted by Crippen LogP contribution is 2.23. The van der Waals surface area contributed by atoms with Gasteiger partial charge in [0.1, 0.15) is 0 Å². The number of H-pyrrole nitrogens is 1. The first-order valence-electron chi connectivity index (χ1n) is 6.30. The van der Waals surface area contributed by atoms with E-state index in [1.54, 1.807) is 0 Å². The molecule has 0 aliphatic carbocycles.